The van der Waals surface area contributed by atoms with Crippen LogP contribution in [0.1, 0.15) is 36.9 Å². The lowest BCUT2D eigenvalue weighted by atomic mass is 10.0. The zero-order valence-electron chi connectivity index (χ0n) is 8.48. The second kappa shape index (κ2) is 4.51. The van der Waals surface area contributed by atoms with Crippen LogP contribution in [0.5, 0.6) is 0 Å². The van der Waals surface area contributed by atoms with Crippen molar-refractivity contribution in [1.29, 1.82) is 0 Å². The van der Waals surface area contributed by atoms with Crippen molar-refractivity contribution in [3.63, 3.8) is 0 Å². The van der Waals surface area contributed by atoms with Crippen molar-refractivity contribution in [1.82, 2.24) is 0 Å². The maximum atomic E-state index is 13.4. The first kappa shape index (κ1) is 11.1. The van der Waals surface area contributed by atoms with Gasteiger partial charge in [0, 0.05) is 11.6 Å². The van der Waals surface area contributed by atoms with Gasteiger partial charge < -0.3 is 5.73 Å². The molecule has 0 radical (unpaired) electrons. The SMILES string of the molecule is CCCC(N)c1c(F)cc(C)cc1F. The Morgan fingerprint density at radius 3 is 2.21 bits per heavy atom. The third kappa shape index (κ3) is 2.29. The van der Waals surface area contributed by atoms with Crippen molar-refractivity contribution in [2.75, 3.05) is 0 Å². The van der Waals surface area contributed by atoms with Gasteiger partial charge in [0.2, 0.25) is 0 Å². The van der Waals surface area contributed by atoms with E-state index in [1.54, 1.807) is 6.92 Å². The molecule has 1 nitrogen and oxygen atoms in total. The van der Waals surface area contributed by atoms with Gasteiger partial charge in [0.05, 0.1) is 0 Å². The molecule has 0 aliphatic heterocycles. The van der Waals surface area contributed by atoms with E-state index in [0.717, 1.165) is 6.42 Å². The minimum Gasteiger partial charge on any atom is -0.324 e. The van der Waals surface area contributed by atoms with Gasteiger partial charge in [-0.25, -0.2) is 8.78 Å². The van der Waals surface area contributed by atoms with Crippen LogP contribution in [0.2, 0.25) is 0 Å². The van der Waals surface area contributed by atoms with E-state index in [-0.39, 0.29) is 5.56 Å². The Kier molecular flexibility index (Phi) is 3.58. The maximum absolute atomic E-state index is 13.4. The third-order valence-electron chi connectivity index (χ3n) is 2.19. The van der Waals surface area contributed by atoms with Crippen molar-refractivity contribution in [2.24, 2.45) is 5.73 Å². The van der Waals surface area contributed by atoms with Gasteiger partial charge in [-0.3, -0.25) is 0 Å². The highest BCUT2D eigenvalue weighted by atomic mass is 19.1. The number of nitrogens with two attached hydrogens (primary N) is 1. The second-order valence-electron chi connectivity index (χ2n) is 3.54. The molecule has 0 saturated carbocycles. The molecule has 1 atom stereocenters. The van der Waals surface area contributed by atoms with E-state index in [4.69, 9.17) is 5.73 Å². The zero-order chi connectivity index (χ0) is 10.7. The summed E-state index contributed by atoms with van der Waals surface area (Å²) >= 11 is 0. The van der Waals surface area contributed by atoms with Crippen molar-refractivity contribution in [3.8, 4) is 0 Å². The predicted molar refractivity (Wildman–Crippen MR) is 52.9 cm³/mol. The van der Waals surface area contributed by atoms with Crippen LogP contribution in [0, 0.1) is 18.6 Å². The van der Waals surface area contributed by atoms with E-state index in [1.165, 1.54) is 12.1 Å². The monoisotopic (exact) mass is 199 g/mol. The van der Waals surface area contributed by atoms with Crippen LogP contribution in [-0.4, -0.2) is 0 Å². The fourth-order valence-electron chi connectivity index (χ4n) is 1.52. The summed E-state index contributed by atoms with van der Waals surface area (Å²) in [6.07, 6.45) is 1.41. The minimum atomic E-state index is -0.541. The van der Waals surface area contributed by atoms with E-state index < -0.39 is 17.7 Å². The Bertz CT molecular complexity index is 300. The summed E-state index contributed by atoms with van der Waals surface area (Å²) in [6.45, 7) is 3.59. The van der Waals surface area contributed by atoms with Gasteiger partial charge in [-0.1, -0.05) is 13.3 Å². The summed E-state index contributed by atoms with van der Waals surface area (Å²) in [5.41, 5.74) is 6.27. The fraction of sp³-hybridized carbons (Fsp3) is 0.455. The largest absolute Gasteiger partial charge is 0.324 e. The molecule has 0 saturated heterocycles. The van der Waals surface area contributed by atoms with Crippen LogP contribution in [0.15, 0.2) is 12.1 Å². The molecule has 0 amide bonds. The smallest absolute Gasteiger partial charge is 0.131 e. The van der Waals surface area contributed by atoms with Crippen molar-refractivity contribution < 1.29 is 8.78 Å². The van der Waals surface area contributed by atoms with Crippen molar-refractivity contribution >= 4 is 0 Å². The van der Waals surface area contributed by atoms with E-state index >= 15 is 0 Å². The van der Waals surface area contributed by atoms with Gasteiger partial charge in [-0.15, -0.1) is 0 Å². The second-order valence-corrected chi connectivity index (χ2v) is 3.54. The standard InChI is InChI=1S/C11H15F2N/c1-3-4-10(14)11-8(12)5-7(2)6-9(11)13/h5-6,10H,3-4,14H2,1-2H3. The molecule has 1 aromatic carbocycles. The summed E-state index contributed by atoms with van der Waals surface area (Å²) in [5.74, 6) is -1.08. The van der Waals surface area contributed by atoms with Crippen LogP contribution < -0.4 is 5.73 Å². The molecule has 0 heterocycles. The molecule has 0 aliphatic carbocycles. The molecular formula is C11H15F2N. The van der Waals surface area contributed by atoms with Gasteiger partial charge >= 0.3 is 0 Å². The molecule has 0 fully saturated rings. The molecule has 1 aromatic rings. The average Bonchev–Trinajstić information content (AvgIpc) is 2.01. The first-order valence-corrected chi connectivity index (χ1v) is 4.77. The number of benzene rings is 1. The fourth-order valence-corrected chi connectivity index (χ4v) is 1.52. The normalized spacial score (nSPS) is 12.9. The average molecular weight is 199 g/mol. The quantitative estimate of drug-likeness (QED) is 0.795. The highest BCUT2D eigenvalue weighted by molar-refractivity contribution is 5.27. The lowest BCUT2D eigenvalue weighted by Gasteiger charge is -2.13. The molecule has 2 N–H and O–H groups in total. The van der Waals surface area contributed by atoms with Gasteiger partial charge in [0.15, 0.2) is 0 Å². The maximum Gasteiger partial charge on any atom is 0.131 e. The highest BCUT2D eigenvalue weighted by Crippen LogP contribution is 2.23. The summed E-state index contributed by atoms with van der Waals surface area (Å²) in [7, 11) is 0. The lowest BCUT2D eigenvalue weighted by molar-refractivity contribution is 0.508. The van der Waals surface area contributed by atoms with Gasteiger partial charge in [-0.2, -0.15) is 0 Å². The topological polar surface area (TPSA) is 26.0 Å². The highest BCUT2D eigenvalue weighted by Gasteiger charge is 2.16. The van der Waals surface area contributed by atoms with Crippen molar-refractivity contribution in [3.05, 3.63) is 34.9 Å². The van der Waals surface area contributed by atoms with Gasteiger partial charge in [0.25, 0.3) is 0 Å². The van der Waals surface area contributed by atoms with Crippen LogP contribution in [0.4, 0.5) is 8.78 Å². The Labute approximate surface area is 82.9 Å². The molecule has 1 unspecified atom stereocenters. The first-order valence-electron chi connectivity index (χ1n) is 4.77. The van der Waals surface area contributed by atoms with Crippen LogP contribution in [-0.2, 0) is 0 Å². The molecule has 0 aliphatic rings. The summed E-state index contributed by atoms with van der Waals surface area (Å²) < 4.78 is 26.7. The van der Waals surface area contributed by atoms with E-state index in [2.05, 4.69) is 0 Å². The third-order valence-corrected chi connectivity index (χ3v) is 2.19. The molecule has 1 rings (SSSR count). The first-order chi connectivity index (χ1) is 6.56. The van der Waals surface area contributed by atoms with E-state index in [0.29, 0.717) is 12.0 Å². The minimum absolute atomic E-state index is 0.0115. The van der Waals surface area contributed by atoms with Crippen molar-refractivity contribution in [2.45, 2.75) is 32.7 Å². The van der Waals surface area contributed by atoms with Gasteiger partial charge in [0.1, 0.15) is 11.6 Å². The summed E-state index contributed by atoms with van der Waals surface area (Å²) in [5, 5.41) is 0. The van der Waals surface area contributed by atoms with Crippen LogP contribution in [0.3, 0.4) is 0 Å². The number of hydrogen-bond acceptors (Lipinski definition) is 1. The molecule has 0 aromatic heterocycles. The Balaban J connectivity index is 3.07. The molecule has 78 valence electrons. The summed E-state index contributed by atoms with van der Waals surface area (Å²) in [4.78, 5) is 0. The Morgan fingerprint density at radius 2 is 1.79 bits per heavy atom. The van der Waals surface area contributed by atoms with Crippen LogP contribution in [0.25, 0.3) is 0 Å². The number of halogens is 2. The van der Waals surface area contributed by atoms with Crippen LogP contribution >= 0.6 is 0 Å². The predicted octanol–water partition coefficient (Wildman–Crippen LogP) is 3.07. The van der Waals surface area contributed by atoms with Gasteiger partial charge in [-0.05, 0) is 31.0 Å². The Hall–Kier alpha value is -0.960. The molecular weight excluding hydrogens is 184 g/mol. The number of aryl methyl sites for hydroxylation is 1. The van der Waals surface area contributed by atoms with E-state index in [1.807, 2.05) is 6.92 Å². The molecule has 14 heavy (non-hydrogen) atoms. The molecule has 0 bridgehead atoms. The van der Waals surface area contributed by atoms with E-state index in [9.17, 15) is 8.78 Å². The summed E-state index contributed by atoms with van der Waals surface area (Å²) in [6, 6.07) is 2.09. The molecule has 0 spiro atoms. The lowest BCUT2D eigenvalue weighted by Crippen LogP contribution is -2.14. The Morgan fingerprint density at radius 1 is 1.29 bits per heavy atom. The zero-order valence-corrected chi connectivity index (χ0v) is 8.48. The number of hydrogen-bond donors (Lipinski definition) is 1. The number of rotatable bonds is 3. The molecule has 3 heteroatoms.